The van der Waals surface area contributed by atoms with Crippen LogP contribution >= 0.6 is 11.6 Å². The Kier molecular flexibility index (Phi) is 4.06. The number of rotatable bonds is 2. The van der Waals surface area contributed by atoms with E-state index in [-0.39, 0.29) is 5.54 Å². The van der Waals surface area contributed by atoms with Gasteiger partial charge in [-0.15, -0.1) is 0 Å². The van der Waals surface area contributed by atoms with Crippen LogP contribution in [-0.2, 0) is 5.54 Å². The molecular formula is C17H24ClNO2. The second-order valence-electron chi connectivity index (χ2n) is 6.55. The van der Waals surface area contributed by atoms with Gasteiger partial charge in [-0.2, -0.15) is 0 Å². The predicted molar refractivity (Wildman–Crippen MR) is 85.5 cm³/mol. The van der Waals surface area contributed by atoms with Crippen molar-refractivity contribution in [2.24, 2.45) is 5.73 Å². The summed E-state index contributed by atoms with van der Waals surface area (Å²) < 4.78 is 11.5. The van der Waals surface area contributed by atoms with Crippen molar-refractivity contribution in [3.8, 4) is 11.5 Å². The molecule has 1 heterocycles. The summed E-state index contributed by atoms with van der Waals surface area (Å²) >= 11 is 6.65. The maximum Gasteiger partial charge on any atom is 0.180 e. The lowest BCUT2D eigenvalue weighted by molar-refractivity contribution is 0.170. The molecule has 1 aliphatic carbocycles. The highest BCUT2D eigenvalue weighted by Gasteiger charge is 2.35. The van der Waals surface area contributed by atoms with Gasteiger partial charge in [0.25, 0.3) is 0 Å². The molecule has 0 aromatic heterocycles. The van der Waals surface area contributed by atoms with E-state index in [1.165, 1.54) is 19.3 Å². The standard InChI is InChI=1S/C17H24ClNO2/c1-11(2)14-12(17(19)6-4-3-5-7-17)10-13-16(15(14)18)21-9-8-20-13/h10-11H,3-9,19H2,1-2H3. The summed E-state index contributed by atoms with van der Waals surface area (Å²) in [5, 5.41) is 0.688. The number of benzene rings is 1. The van der Waals surface area contributed by atoms with Crippen LogP contribution in [-0.4, -0.2) is 13.2 Å². The SMILES string of the molecule is CC(C)c1c(C2(N)CCCCC2)cc2c(c1Cl)OCCO2. The molecule has 0 unspecified atom stereocenters. The van der Waals surface area contributed by atoms with Crippen LogP contribution in [0, 0.1) is 0 Å². The third-order valence-electron chi connectivity index (χ3n) is 4.67. The molecule has 2 aliphatic rings. The lowest BCUT2D eigenvalue weighted by atomic mass is 9.74. The molecule has 1 aromatic carbocycles. The number of nitrogens with two attached hydrogens (primary N) is 1. The molecule has 2 N–H and O–H groups in total. The molecule has 1 saturated carbocycles. The maximum absolute atomic E-state index is 6.77. The first-order valence-electron chi connectivity index (χ1n) is 7.94. The van der Waals surface area contributed by atoms with Gasteiger partial charge in [-0.3, -0.25) is 0 Å². The van der Waals surface area contributed by atoms with Crippen LogP contribution in [0.1, 0.15) is 63.0 Å². The Morgan fingerprint density at radius 3 is 2.48 bits per heavy atom. The topological polar surface area (TPSA) is 44.5 Å². The van der Waals surface area contributed by atoms with Crippen LogP contribution in [0.2, 0.25) is 5.02 Å². The Morgan fingerprint density at radius 2 is 1.81 bits per heavy atom. The Hall–Kier alpha value is -0.930. The van der Waals surface area contributed by atoms with Gasteiger partial charge >= 0.3 is 0 Å². The van der Waals surface area contributed by atoms with E-state index in [0.717, 1.165) is 29.7 Å². The van der Waals surface area contributed by atoms with Crippen molar-refractivity contribution in [2.75, 3.05) is 13.2 Å². The number of halogens is 1. The third kappa shape index (κ3) is 2.62. The summed E-state index contributed by atoms with van der Waals surface area (Å²) in [7, 11) is 0. The van der Waals surface area contributed by atoms with Gasteiger partial charge in [0.1, 0.15) is 13.2 Å². The number of hydrogen-bond donors (Lipinski definition) is 1. The number of ether oxygens (including phenoxy) is 2. The van der Waals surface area contributed by atoms with Crippen LogP contribution in [0.15, 0.2) is 6.07 Å². The van der Waals surface area contributed by atoms with Crippen molar-refractivity contribution in [1.29, 1.82) is 0 Å². The molecule has 0 atom stereocenters. The van der Waals surface area contributed by atoms with Gasteiger partial charge in [0.05, 0.1) is 5.02 Å². The van der Waals surface area contributed by atoms with Gasteiger partial charge in [-0.05, 0) is 36.0 Å². The summed E-state index contributed by atoms with van der Waals surface area (Å²) in [6, 6.07) is 2.08. The second kappa shape index (κ2) is 5.69. The summed E-state index contributed by atoms with van der Waals surface area (Å²) in [5.74, 6) is 1.75. The van der Waals surface area contributed by atoms with Crippen molar-refractivity contribution < 1.29 is 9.47 Å². The van der Waals surface area contributed by atoms with E-state index in [4.69, 9.17) is 26.8 Å². The average Bonchev–Trinajstić information content (AvgIpc) is 2.47. The molecule has 1 aromatic rings. The highest BCUT2D eigenvalue weighted by atomic mass is 35.5. The van der Waals surface area contributed by atoms with E-state index < -0.39 is 0 Å². The van der Waals surface area contributed by atoms with Gasteiger partial charge in [0.15, 0.2) is 11.5 Å². The van der Waals surface area contributed by atoms with E-state index >= 15 is 0 Å². The minimum absolute atomic E-state index is 0.280. The molecule has 3 rings (SSSR count). The molecule has 4 heteroatoms. The van der Waals surface area contributed by atoms with Gasteiger partial charge in [-0.25, -0.2) is 0 Å². The summed E-state index contributed by atoms with van der Waals surface area (Å²) in [5.41, 5.74) is 8.77. The zero-order chi connectivity index (χ0) is 15.0. The Labute approximate surface area is 131 Å². The first-order chi connectivity index (χ1) is 10.0. The third-order valence-corrected chi connectivity index (χ3v) is 5.05. The normalized spacial score (nSPS) is 20.6. The highest BCUT2D eigenvalue weighted by molar-refractivity contribution is 6.33. The van der Waals surface area contributed by atoms with Crippen molar-refractivity contribution >= 4 is 11.6 Å². The molecular weight excluding hydrogens is 286 g/mol. The summed E-state index contributed by atoms with van der Waals surface area (Å²) in [6.45, 7) is 5.44. The maximum atomic E-state index is 6.77. The van der Waals surface area contributed by atoms with Gasteiger partial charge in [0.2, 0.25) is 0 Å². The van der Waals surface area contributed by atoms with Gasteiger partial charge < -0.3 is 15.2 Å². The fourth-order valence-corrected chi connectivity index (χ4v) is 4.06. The molecule has 116 valence electrons. The van der Waals surface area contributed by atoms with Crippen molar-refractivity contribution in [3.05, 3.63) is 22.2 Å². The zero-order valence-electron chi connectivity index (χ0n) is 12.9. The number of fused-ring (bicyclic) bond motifs is 1. The van der Waals surface area contributed by atoms with Crippen LogP contribution in [0.3, 0.4) is 0 Å². The molecule has 1 fully saturated rings. The van der Waals surface area contributed by atoms with Crippen LogP contribution in [0.5, 0.6) is 11.5 Å². The fraction of sp³-hybridized carbons (Fsp3) is 0.647. The highest BCUT2D eigenvalue weighted by Crippen LogP contribution is 2.48. The lowest BCUT2D eigenvalue weighted by Crippen LogP contribution is -2.40. The average molecular weight is 310 g/mol. The molecule has 0 saturated heterocycles. The second-order valence-corrected chi connectivity index (χ2v) is 6.93. The summed E-state index contributed by atoms with van der Waals surface area (Å²) in [4.78, 5) is 0. The van der Waals surface area contributed by atoms with Crippen molar-refractivity contribution in [3.63, 3.8) is 0 Å². The molecule has 0 spiro atoms. The quantitative estimate of drug-likeness (QED) is 0.883. The summed E-state index contributed by atoms with van der Waals surface area (Å²) in [6.07, 6.45) is 5.67. The monoisotopic (exact) mass is 309 g/mol. The van der Waals surface area contributed by atoms with E-state index in [1.54, 1.807) is 0 Å². The fourth-order valence-electron chi connectivity index (χ4n) is 3.59. The van der Waals surface area contributed by atoms with Crippen molar-refractivity contribution in [2.45, 2.75) is 57.4 Å². The predicted octanol–water partition coefficient (Wildman–Crippen LogP) is 4.35. The van der Waals surface area contributed by atoms with E-state index in [0.29, 0.717) is 29.9 Å². The van der Waals surface area contributed by atoms with E-state index in [9.17, 15) is 0 Å². The lowest BCUT2D eigenvalue weighted by Gasteiger charge is -2.37. The number of hydrogen-bond acceptors (Lipinski definition) is 3. The smallest absolute Gasteiger partial charge is 0.180 e. The Bertz CT molecular complexity index is 536. The van der Waals surface area contributed by atoms with Crippen molar-refractivity contribution in [1.82, 2.24) is 0 Å². The molecule has 3 nitrogen and oxygen atoms in total. The largest absolute Gasteiger partial charge is 0.486 e. The van der Waals surface area contributed by atoms with Gasteiger partial charge in [-0.1, -0.05) is 44.7 Å². The minimum atomic E-state index is -0.280. The molecule has 0 bridgehead atoms. The molecule has 0 amide bonds. The van der Waals surface area contributed by atoms with E-state index in [1.807, 2.05) is 0 Å². The first-order valence-corrected chi connectivity index (χ1v) is 8.32. The Morgan fingerprint density at radius 1 is 1.14 bits per heavy atom. The molecule has 21 heavy (non-hydrogen) atoms. The van der Waals surface area contributed by atoms with Crippen LogP contribution in [0.4, 0.5) is 0 Å². The van der Waals surface area contributed by atoms with E-state index in [2.05, 4.69) is 19.9 Å². The van der Waals surface area contributed by atoms with Crippen LogP contribution in [0.25, 0.3) is 0 Å². The molecule has 1 aliphatic heterocycles. The first kappa shape index (κ1) is 15.0. The zero-order valence-corrected chi connectivity index (χ0v) is 13.6. The molecule has 0 radical (unpaired) electrons. The van der Waals surface area contributed by atoms with Crippen LogP contribution < -0.4 is 15.2 Å². The minimum Gasteiger partial charge on any atom is -0.486 e. The van der Waals surface area contributed by atoms with Gasteiger partial charge in [0, 0.05) is 5.54 Å². The Balaban J connectivity index is 2.16.